The highest BCUT2D eigenvalue weighted by atomic mass is 19.3. The van der Waals surface area contributed by atoms with Crippen molar-refractivity contribution in [3.63, 3.8) is 0 Å². The van der Waals surface area contributed by atoms with Crippen LogP contribution in [0.2, 0.25) is 0 Å². The molecule has 6 heteroatoms. The molecule has 1 amide bonds. The molecule has 4 nitrogen and oxygen atoms in total. The summed E-state index contributed by atoms with van der Waals surface area (Å²) < 4.78 is 30.7. The van der Waals surface area contributed by atoms with Crippen LogP contribution in [0.15, 0.2) is 24.3 Å². The number of amides is 1. The monoisotopic (exact) mass is 298 g/mol. The molecule has 1 aromatic rings. The van der Waals surface area contributed by atoms with Crippen molar-refractivity contribution < 1.29 is 18.3 Å². The summed E-state index contributed by atoms with van der Waals surface area (Å²) in [6, 6.07) is 5.51. The second kappa shape index (κ2) is 6.95. The summed E-state index contributed by atoms with van der Waals surface area (Å²) in [5, 5.41) is 0. The number of nitrogens with two attached hydrogens (primary N) is 1. The van der Waals surface area contributed by atoms with Gasteiger partial charge >= 0.3 is 0 Å². The Labute approximate surface area is 122 Å². The van der Waals surface area contributed by atoms with Crippen LogP contribution in [0.3, 0.4) is 0 Å². The number of nitrogens with zero attached hydrogens (tertiary/aromatic N) is 1. The predicted octanol–water partition coefficient (Wildman–Crippen LogP) is 2.26. The van der Waals surface area contributed by atoms with Gasteiger partial charge in [-0.15, -0.1) is 0 Å². The van der Waals surface area contributed by atoms with E-state index in [-0.39, 0.29) is 23.6 Å². The minimum atomic E-state index is -2.53. The highest BCUT2D eigenvalue weighted by Gasteiger charge is 2.34. The summed E-state index contributed by atoms with van der Waals surface area (Å²) in [5.41, 5.74) is 6.74. The minimum absolute atomic E-state index is 0.0128. The van der Waals surface area contributed by atoms with E-state index in [1.165, 1.54) is 12.1 Å². The Bertz CT molecular complexity index is 496. The molecule has 1 aliphatic heterocycles. The van der Waals surface area contributed by atoms with Crippen molar-refractivity contribution in [3.05, 3.63) is 35.4 Å². The van der Waals surface area contributed by atoms with Crippen LogP contribution in [-0.4, -0.2) is 37.1 Å². The van der Waals surface area contributed by atoms with E-state index in [2.05, 4.69) is 0 Å². The number of rotatable bonds is 5. The van der Waals surface area contributed by atoms with E-state index < -0.39 is 6.43 Å². The van der Waals surface area contributed by atoms with E-state index in [4.69, 9.17) is 10.5 Å². The fraction of sp³-hybridized carbons (Fsp3) is 0.533. The van der Waals surface area contributed by atoms with Gasteiger partial charge < -0.3 is 15.4 Å². The van der Waals surface area contributed by atoms with Gasteiger partial charge in [0.1, 0.15) is 0 Å². The molecule has 0 saturated carbocycles. The first-order valence-corrected chi connectivity index (χ1v) is 6.96. The predicted molar refractivity (Wildman–Crippen MR) is 74.9 cm³/mol. The molecular weight excluding hydrogens is 278 g/mol. The number of halogens is 2. The first kappa shape index (κ1) is 15.9. The lowest BCUT2D eigenvalue weighted by atomic mass is 9.90. The van der Waals surface area contributed by atoms with Gasteiger partial charge in [-0.2, -0.15) is 0 Å². The normalized spacial score (nSPS) is 22.9. The molecule has 2 atom stereocenters. The quantitative estimate of drug-likeness (QED) is 0.907. The third-order valence-corrected chi connectivity index (χ3v) is 3.79. The van der Waals surface area contributed by atoms with Gasteiger partial charge in [-0.05, 0) is 18.1 Å². The molecule has 0 aliphatic carbocycles. The van der Waals surface area contributed by atoms with Gasteiger partial charge in [0.25, 0.3) is 6.43 Å². The fourth-order valence-corrected chi connectivity index (χ4v) is 2.74. The number of hydrogen-bond donors (Lipinski definition) is 1. The lowest BCUT2D eigenvalue weighted by Crippen LogP contribution is -2.49. The fourth-order valence-electron chi connectivity index (χ4n) is 2.74. The van der Waals surface area contributed by atoms with Gasteiger partial charge in [0, 0.05) is 31.7 Å². The molecule has 2 unspecified atom stereocenters. The molecule has 2 rings (SSSR count). The number of benzene rings is 1. The smallest absolute Gasteiger partial charge is 0.263 e. The highest BCUT2D eigenvalue weighted by molar-refractivity contribution is 5.78. The Balaban J connectivity index is 2.31. The third-order valence-electron chi connectivity index (χ3n) is 3.79. The zero-order chi connectivity index (χ0) is 15.4. The molecule has 1 aliphatic rings. The molecule has 0 radical (unpaired) electrons. The van der Waals surface area contributed by atoms with E-state index in [0.29, 0.717) is 31.6 Å². The van der Waals surface area contributed by atoms with Crippen LogP contribution in [0.4, 0.5) is 8.78 Å². The van der Waals surface area contributed by atoms with Gasteiger partial charge in [-0.3, -0.25) is 4.79 Å². The Kier molecular flexibility index (Phi) is 5.25. The molecule has 1 fully saturated rings. The summed E-state index contributed by atoms with van der Waals surface area (Å²) in [6.07, 6.45) is -1.59. The van der Waals surface area contributed by atoms with Crippen molar-refractivity contribution in [2.45, 2.75) is 31.4 Å². The van der Waals surface area contributed by atoms with Crippen LogP contribution in [0.1, 0.15) is 36.4 Å². The van der Waals surface area contributed by atoms with Crippen LogP contribution in [0, 0.1) is 0 Å². The van der Waals surface area contributed by atoms with Crippen molar-refractivity contribution in [1.82, 2.24) is 4.90 Å². The number of hydrogen-bond acceptors (Lipinski definition) is 3. The van der Waals surface area contributed by atoms with Gasteiger partial charge in [-0.1, -0.05) is 18.2 Å². The summed E-state index contributed by atoms with van der Waals surface area (Å²) in [5.74, 6) is -0.0128. The maximum atomic E-state index is 12.9. The summed E-state index contributed by atoms with van der Waals surface area (Å²) >= 11 is 0. The van der Waals surface area contributed by atoms with E-state index in [1.54, 1.807) is 24.1 Å². The number of piperidine rings is 1. The van der Waals surface area contributed by atoms with Crippen LogP contribution in [-0.2, 0) is 9.53 Å². The van der Waals surface area contributed by atoms with Crippen LogP contribution in [0.5, 0.6) is 0 Å². The van der Waals surface area contributed by atoms with Crippen molar-refractivity contribution in [3.8, 4) is 0 Å². The number of alkyl halides is 2. The minimum Gasteiger partial charge on any atom is -0.383 e. The van der Waals surface area contributed by atoms with Crippen LogP contribution < -0.4 is 5.73 Å². The standard InChI is InChI=1S/C15H20F2N2O2/c1-21-8-7-19-13(20)6-5-12(18)14(19)10-3-2-4-11(9-10)15(16)17/h2-4,9,12,14-15H,5-8,18H2,1H3. The average Bonchev–Trinajstić information content (AvgIpc) is 2.48. The number of likely N-dealkylation sites (tertiary alicyclic amines) is 1. The molecule has 116 valence electrons. The molecule has 21 heavy (non-hydrogen) atoms. The molecule has 2 N–H and O–H groups in total. The summed E-state index contributed by atoms with van der Waals surface area (Å²) in [4.78, 5) is 13.8. The second-order valence-corrected chi connectivity index (χ2v) is 5.20. The lowest BCUT2D eigenvalue weighted by Gasteiger charge is -2.40. The molecular formula is C15H20F2N2O2. The van der Waals surface area contributed by atoms with Crippen LogP contribution in [0.25, 0.3) is 0 Å². The Morgan fingerprint density at radius 1 is 1.48 bits per heavy atom. The largest absolute Gasteiger partial charge is 0.383 e. The van der Waals surface area contributed by atoms with Crippen molar-refractivity contribution >= 4 is 5.91 Å². The van der Waals surface area contributed by atoms with Gasteiger partial charge in [0.2, 0.25) is 5.91 Å². The van der Waals surface area contributed by atoms with Crippen molar-refractivity contribution in [2.24, 2.45) is 5.73 Å². The van der Waals surface area contributed by atoms with Gasteiger partial charge in [-0.25, -0.2) is 8.78 Å². The maximum Gasteiger partial charge on any atom is 0.263 e. The maximum absolute atomic E-state index is 12.9. The first-order valence-electron chi connectivity index (χ1n) is 6.96. The lowest BCUT2D eigenvalue weighted by molar-refractivity contribution is -0.138. The zero-order valence-electron chi connectivity index (χ0n) is 12.0. The van der Waals surface area contributed by atoms with Gasteiger partial charge in [0.15, 0.2) is 0 Å². The highest BCUT2D eigenvalue weighted by Crippen LogP contribution is 2.32. The summed E-state index contributed by atoms with van der Waals surface area (Å²) in [7, 11) is 1.56. The van der Waals surface area contributed by atoms with Crippen molar-refractivity contribution in [1.29, 1.82) is 0 Å². The zero-order valence-corrected chi connectivity index (χ0v) is 12.0. The molecule has 0 bridgehead atoms. The topological polar surface area (TPSA) is 55.6 Å². The molecule has 1 saturated heterocycles. The second-order valence-electron chi connectivity index (χ2n) is 5.20. The Hall–Kier alpha value is -1.53. The van der Waals surface area contributed by atoms with E-state index in [9.17, 15) is 13.6 Å². The molecule has 1 aromatic carbocycles. The number of ether oxygens (including phenoxy) is 1. The Morgan fingerprint density at radius 3 is 2.90 bits per heavy atom. The number of carbonyl (C=O) groups excluding carboxylic acids is 1. The third kappa shape index (κ3) is 3.57. The number of methoxy groups -OCH3 is 1. The van der Waals surface area contributed by atoms with E-state index in [0.717, 1.165) is 0 Å². The van der Waals surface area contributed by atoms with Gasteiger partial charge in [0.05, 0.1) is 12.6 Å². The first-order chi connectivity index (χ1) is 10.0. The molecule has 0 aromatic heterocycles. The Morgan fingerprint density at radius 2 is 2.24 bits per heavy atom. The number of carbonyl (C=O) groups is 1. The van der Waals surface area contributed by atoms with Crippen molar-refractivity contribution in [2.75, 3.05) is 20.3 Å². The summed E-state index contributed by atoms with van der Waals surface area (Å²) in [6.45, 7) is 0.802. The average molecular weight is 298 g/mol. The SMILES string of the molecule is COCCN1C(=O)CCC(N)C1c1cccc(C(F)F)c1. The molecule has 1 heterocycles. The van der Waals surface area contributed by atoms with Crippen LogP contribution >= 0.6 is 0 Å². The van der Waals surface area contributed by atoms with E-state index in [1.807, 2.05) is 0 Å². The van der Waals surface area contributed by atoms with E-state index >= 15 is 0 Å². The molecule has 0 spiro atoms.